The van der Waals surface area contributed by atoms with Gasteiger partial charge in [0.2, 0.25) is 0 Å². The Labute approximate surface area is 214 Å². The smallest absolute Gasteiger partial charge is 0.373 e. The second kappa shape index (κ2) is 20.5. The minimum absolute atomic E-state index is 0. The third kappa shape index (κ3) is 12.2. The monoisotopic (exact) mass is 509 g/mol. The number of unbranched alkanes of at least 4 members (excludes halogenated alkanes) is 11. The fraction of sp³-hybridized carbons (Fsp3) is 1.00. The van der Waals surface area contributed by atoms with Crippen LogP contribution in [0.3, 0.4) is 0 Å². The Morgan fingerprint density at radius 1 is 0.545 bits per heavy atom. The van der Waals surface area contributed by atoms with E-state index < -0.39 is 13.7 Å². The molecule has 0 bridgehead atoms. The first-order valence-electron chi connectivity index (χ1n) is 13.9. The van der Waals surface area contributed by atoms with E-state index in [4.69, 9.17) is 24.9 Å². The fourth-order valence-electron chi connectivity index (χ4n) is 5.19. The molecule has 0 aromatic rings. The third-order valence-corrected chi connectivity index (χ3v) is 11.7. The predicted molar refractivity (Wildman–Crippen MR) is 149 cm³/mol. The van der Waals surface area contributed by atoms with Gasteiger partial charge in [-0.3, -0.25) is 0 Å². The third-order valence-electron chi connectivity index (χ3n) is 6.86. The van der Waals surface area contributed by atoms with Crippen LogP contribution in [0.5, 0.6) is 0 Å². The highest BCUT2D eigenvalue weighted by Gasteiger charge is 2.66. The fourth-order valence-corrected chi connectivity index (χ4v) is 9.72. The lowest BCUT2D eigenvalue weighted by atomic mass is 9.84. The first-order valence-corrected chi connectivity index (χ1v) is 16.0. The molecule has 3 N–H and O–H groups in total. The van der Waals surface area contributed by atoms with Crippen molar-refractivity contribution in [3.8, 4) is 0 Å². The van der Waals surface area contributed by atoms with E-state index in [1.807, 2.05) is 20.8 Å². The summed E-state index contributed by atoms with van der Waals surface area (Å²) in [7, 11) is -2.96. The van der Waals surface area contributed by atoms with Crippen molar-refractivity contribution >= 4 is 20.4 Å². The molecule has 0 spiro atoms. The van der Waals surface area contributed by atoms with Gasteiger partial charge in [-0.2, -0.15) is 0 Å². The minimum atomic E-state index is -2.96. The predicted octanol–water partition coefficient (Wildman–Crippen LogP) is 9.85. The molecule has 0 aliphatic heterocycles. The van der Waals surface area contributed by atoms with Gasteiger partial charge in [-0.05, 0) is 47.5 Å². The minimum Gasteiger partial charge on any atom is -0.373 e. The van der Waals surface area contributed by atoms with E-state index in [1.54, 1.807) is 0 Å². The summed E-state index contributed by atoms with van der Waals surface area (Å²) in [6.07, 6.45) is 19.3. The van der Waals surface area contributed by atoms with Crippen LogP contribution in [-0.4, -0.2) is 33.5 Å². The summed E-state index contributed by atoms with van der Waals surface area (Å²) in [5, 5.41) is -0.267. The maximum absolute atomic E-state index is 7.16. The van der Waals surface area contributed by atoms with E-state index in [9.17, 15) is 0 Å². The van der Waals surface area contributed by atoms with Crippen LogP contribution in [0.4, 0.5) is 0 Å². The lowest BCUT2D eigenvalue weighted by Crippen LogP contribution is -2.62. The standard InChI is InChI=1S/C27H57ClO3Si.H3N/c1-8-13-14-15-16-17-18-19-20-21-22-23-25-27(24-9-2,26(6,7)28)32(29-10-3,30-11-4)31-12-5;/h8-25H2,1-7H3;1H3. The zero-order valence-corrected chi connectivity index (χ0v) is 25.3. The summed E-state index contributed by atoms with van der Waals surface area (Å²) >= 11 is 7.16. The molecule has 6 heteroatoms. The average molecular weight is 510 g/mol. The van der Waals surface area contributed by atoms with Gasteiger partial charge in [0.05, 0.1) is 5.04 Å². The maximum Gasteiger partial charge on any atom is 0.509 e. The van der Waals surface area contributed by atoms with Gasteiger partial charge < -0.3 is 19.4 Å². The van der Waals surface area contributed by atoms with Crippen LogP contribution in [0.1, 0.15) is 145 Å². The highest BCUT2D eigenvalue weighted by molar-refractivity contribution is 6.66. The van der Waals surface area contributed by atoms with Crippen LogP contribution >= 0.6 is 11.6 Å². The van der Waals surface area contributed by atoms with Gasteiger partial charge in [-0.1, -0.05) is 97.3 Å². The van der Waals surface area contributed by atoms with Crippen molar-refractivity contribution in [1.82, 2.24) is 6.15 Å². The summed E-state index contributed by atoms with van der Waals surface area (Å²) < 4.78 is 19.3. The lowest BCUT2D eigenvalue weighted by molar-refractivity contribution is 0.0299. The first kappa shape index (κ1) is 35.5. The number of rotatable bonds is 23. The Morgan fingerprint density at radius 2 is 0.909 bits per heavy atom. The summed E-state index contributed by atoms with van der Waals surface area (Å²) in [6.45, 7) is 16.7. The van der Waals surface area contributed by atoms with Crippen molar-refractivity contribution in [2.24, 2.45) is 0 Å². The zero-order valence-electron chi connectivity index (χ0n) is 23.5. The van der Waals surface area contributed by atoms with Gasteiger partial charge in [0.15, 0.2) is 0 Å². The molecular weight excluding hydrogens is 450 g/mol. The number of halogens is 1. The van der Waals surface area contributed by atoms with Gasteiger partial charge >= 0.3 is 8.80 Å². The van der Waals surface area contributed by atoms with Gasteiger partial charge in [0.1, 0.15) is 0 Å². The van der Waals surface area contributed by atoms with Crippen LogP contribution in [0, 0.1) is 0 Å². The summed E-state index contributed by atoms with van der Waals surface area (Å²) in [5.41, 5.74) is 0. The molecule has 0 aliphatic carbocycles. The largest absolute Gasteiger partial charge is 0.509 e. The molecule has 0 saturated carbocycles. The van der Waals surface area contributed by atoms with E-state index in [-0.39, 0.29) is 11.2 Å². The van der Waals surface area contributed by atoms with Gasteiger partial charge in [0.25, 0.3) is 0 Å². The molecule has 4 nitrogen and oxygen atoms in total. The Bertz CT molecular complexity index is 417. The SMILES string of the molecule is CCCCCCCCCCCCCCC(CCC)(C(C)(C)Cl)[Si](OCC)(OCC)OCC.N. The molecule has 1 unspecified atom stereocenters. The van der Waals surface area contributed by atoms with Crippen molar-refractivity contribution in [1.29, 1.82) is 0 Å². The molecule has 0 amide bonds. The average Bonchev–Trinajstić information content (AvgIpc) is 2.73. The molecule has 0 radical (unpaired) electrons. The quantitative estimate of drug-likeness (QED) is 0.0844. The number of hydrogen-bond acceptors (Lipinski definition) is 4. The van der Waals surface area contributed by atoms with Crippen molar-refractivity contribution in [2.45, 2.75) is 155 Å². The van der Waals surface area contributed by atoms with E-state index in [0.29, 0.717) is 19.8 Å². The van der Waals surface area contributed by atoms with Crippen molar-refractivity contribution in [3.63, 3.8) is 0 Å². The summed E-state index contributed by atoms with van der Waals surface area (Å²) in [4.78, 5) is -0.452. The maximum atomic E-state index is 7.16. The second-order valence-electron chi connectivity index (χ2n) is 9.80. The van der Waals surface area contributed by atoms with E-state index in [2.05, 4.69) is 27.7 Å². The van der Waals surface area contributed by atoms with Gasteiger partial charge in [0, 0.05) is 24.7 Å². The summed E-state index contributed by atoms with van der Waals surface area (Å²) in [5.74, 6) is 0. The summed E-state index contributed by atoms with van der Waals surface area (Å²) in [6, 6.07) is 0. The highest BCUT2D eigenvalue weighted by atomic mass is 35.5. The van der Waals surface area contributed by atoms with Crippen molar-refractivity contribution in [2.75, 3.05) is 19.8 Å². The molecule has 202 valence electrons. The molecule has 0 fully saturated rings. The van der Waals surface area contributed by atoms with Crippen LogP contribution in [0.15, 0.2) is 0 Å². The van der Waals surface area contributed by atoms with E-state index in [1.165, 1.54) is 70.6 Å². The molecule has 0 rings (SSSR count). The van der Waals surface area contributed by atoms with Crippen LogP contribution in [-0.2, 0) is 13.3 Å². The molecule has 0 aromatic carbocycles. The molecule has 0 saturated heterocycles. The molecule has 0 aromatic heterocycles. The molecule has 33 heavy (non-hydrogen) atoms. The Hall–Kier alpha value is 0.347. The Kier molecular flexibility index (Phi) is 22.1. The number of hydrogen-bond donors (Lipinski definition) is 1. The van der Waals surface area contributed by atoms with Crippen molar-refractivity contribution < 1.29 is 13.3 Å². The van der Waals surface area contributed by atoms with Crippen LogP contribution in [0.25, 0.3) is 0 Å². The van der Waals surface area contributed by atoms with Crippen LogP contribution < -0.4 is 6.15 Å². The van der Waals surface area contributed by atoms with E-state index >= 15 is 0 Å². The van der Waals surface area contributed by atoms with Gasteiger partial charge in [-0.15, -0.1) is 11.6 Å². The molecule has 1 atom stereocenters. The molecule has 0 aliphatic rings. The molecule has 0 heterocycles. The van der Waals surface area contributed by atoms with Crippen LogP contribution in [0.2, 0.25) is 5.04 Å². The van der Waals surface area contributed by atoms with Gasteiger partial charge in [-0.25, -0.2) is 0 Å². The second-order valence-corrected chi connectivity index (χ2v) is 13.7. The van der Waals surface area contributed by atoms with E-state index in [0.717, 1.165) is 25.7 Å². The highest BCUT2D eigenvalue weighted by Crippen LogP contribution is 2.59. The Balaban J connectivity index is 0. The topological polar surface area (TPSA) is 62.7 Å². The lowest BCUT2D eigenvalue weighted by Gasteiger charge is -2.51. The normalized spacial score (nSPS) is 14.2. The Morgan fingerprint density at radius 3 is 1.21 bits per heavy atom. The van der Waals surface area contributed by atoms with Crippen molar-refractivity contribution in [3.05, 3.63) is 0 Å². The first-order chi connectivity index (χ1) is 15.3. The number of alkyl halides is 1. The molecular formula is C27H60ClNO3Si. The zero-order chi connectivity index (χ0) is 24.3.